The molecule has 0 aromatic heterocycles. The van der Waals surface area contributed by atoms with Gasteiger partial charge in [0.1, 0.15) is 11.6 Å². The van der Waals surface area contributed by atoms with Crippen molar-refractivity contribution in [2.75, 3.05) is 0 Å². The molecule has 2 nitrogen and oxygen atoms in total. The van der Waals surface area contributed by atoms with Crippen molar-refractivity contribution in [1.29, 1.82) is 0 Å². The van der Waals surface area contributed by atoms with Crippen molar-refractivity contribution in [3.05, 3.63) is 11.1 Å². The maximum atomic E-state index is 12.0. The molecule has 4 aliphatic carbocycles. The highest BCUT2D eigenvalue weighted by atomic mass is 16.1. The molecule has 2 heteroatoms. The summed E-state index contributed by atoms with van der Waals surface area (Å²) in [6, 6.07) is 0. The first-order valence-corrected chi connectivity index (χ1v) is 8.36. The summed E-state index contributed by atoms with van der Waals surface area (Å²) < 4.78 is 0. The third kappa shape index (κ3) is 1.63. The summed E-state index contributed by atoms with van der Waals surface area (Å²) in [7, 11) is 0. The second kappa shape index (κ2) is 4.29. The minimum Gasteiger partial charge on any atom is -0.300 e. The zero-order valence-corrected chi connectivity index (χ0v) is 12.4. The summed E-state index contributed by atoms with van der Waals surface area (Å²) in [6.07, 6.45) is 9.10. The molecule has 4 atom stereocenters. The van der Waals surface area contributed by atoms with E-state index < -0.39 is 0 Å². The fraction of sp³-hybridized carbons (Fsp3) is 0.778. The number of carbonyl (C=O) groups is 2. The van der Waals surface area contributed by atoms with Crippen molar-refractivity contribution in [2.24, 2.45) is 23.2 Å². The van der Waals surface area contributed by atoms with Crippen LogP contribution < -0.4 is 0 Å². The van der Waals surface area contributed by atoms with E-state index in [1.165, 1.54) is 6.42 Å². The quantitative estimate of drug-likeness (QED) is 0.628. The average molecular weight is 272 g/mol. The van der Waals surface area contributed by atoms with Crippen molar-refractivity contribution in [2.45, 2.75) is 64.7 Å². The number of carbonyl (C=O) groups excluding carboxylic acids is 2. The lowest BCUT2D eigenvalue weighted by Crippen LogP contribution is -2.42. The van der Waals surface area contributed by atoms with E-state index in [0.29, 0.717) is 29.3 Å². The van der Waals surface area contributed by atoms with Crippen LogP contribution in [0.25, 0.3) is 0 Å². The first-order chi connectivity index (χ1) is 9.59. The minimum absolute atomic E-state index is 0.276. The fourth-order valence-corrected chi connectivity index (χ4v) is 5.71. The summed E-state index contributed by atoms with van der Waals surface area (Å²) in [5.41, 5.74) is 3.61. The van der Waals surface area contributed by atoms with E-state index in [0.717, 1.165) is 51.4 Å². The van der Waals surface area contributed by atoms with Crippen molar-refractivity contribution < 1.29 is 9.59 Å². The van der Waals surface area contributed by atoms with Crippen LogP contribution in [-0.2, 0) is 9.59 Å². The third-order valence-electron chi connectivity index (χ3n) is 6.89. The van der Waals surface area contributed by atoms with E-state index in [-0.39, 0.29) is 5.41 Å². The van der Waals surface area contributed by atoms with E-state index >= 15 is 0 Å². The maximum absolute atomic E-state index is 12.0. The molecule has 0 aromatic rings. The van der Waals surface area contributed by atoms with E-state index in [1.807, 2.05) is 0 Å². The van der Waals surface area contributed by atoms with Gasteiger partial charge in [0.05, 0.1) is 0 Å². The van der Waals surface area contributed by atoms with Crippen LogP contribution in [0.5, 0.6) is 0 Å². The molecule has 4 aliphatic rings. The molecule has 0 saturated heterocycles. The van der Waals surface area contributed by atoms with Gasteiger partial charge in [0.2, 0.25) is 0 Å². The van der Waals surface area contributed by atoms with Gasteiger partial charge in [0.25, 0.3) is 0 Å². The highest BCUT2D eigenvalue weighted by Crippen LogP contribution is 2.59. The summed E-state index contributed by atoms with van der Waals surface area (Å²) in [6.45, 7) is 2.41. The molecule has 0 aliphatic heterocycles. The van der Waals surface area contributed by atoms with E-state index in [2.05, 4.69) is 6.92 Å². The standard InChI is InChI=1S/C18H24O2/c1-18-9-8-12(19)10-11(18)2-3-14-13-5-7-17(20)15(13)4-6-16(14)18/h11,13,15H,2-10H2,1H3/t11-,13+,15-,18+/m0/s1. The smallest absolute Gasteiger partial charge is 0.136 e. The van der Waals surface area contributed by atoms with Crippen LogP contribution in [0.2, 0.25) is 0 Å². The van der Waals surface area contributed by atoms with Crippen LogP contribution in [-0.4, -0.2) is 11.6 Å². The Kier molecular flexibility index (Phi) is 2.74. The van der Waals surface area contributed by atoms with Gasteiger partial charge in [-0.3, -0.25) is 9.59 Å². The summed E-state index contributed by atoms with van der Waals surface area (Å²) in [5, 5.41) is 0. The van der Waals surface area contributed by atoms with Crippen LogP contribution in [0, 0.1) is 23.2 Å². The van der Waals surface area contributed by atoms with Gasteiger partial charge in [0, 0.05) is 25.2 Å². The third-order valence-corrected chi connectivity index (χ3v) is 6.89. The Morgan fingerprint density at radius 3 is 2.60 bits per heavy atom. The van der Waals surface area contributed by atoms with Crippen LogP contribution in [0.3, 0.4) is 0 Å². The summed E-state index contributed by atoms with van der Waals surface area (Å²) >= 11 is 0. The molecule has 0 N–H and O–H groups in total. The number of allylic oxidation sites excluding steroid dienone is 2. The molecular weight excluding hydrogens is 248 g/mol. The lowest BCUT2D eigenvalue weighted by Gasteiger charge is -2.50. The largest absolute Gasteiger partial charge is 0.300 e. The number of fused-ring (bicyclic) bond motifs is 4. The number of ketones is 2. The molecule has 20 heavy (non-hydrogen) atoms. The van der Waals surface area contributed by atoms with E-state index in [4.69, 9.17) is 0 Å². The molecule has 0 bridgehead atoms. The van der Waals surface area contributed by atoms with Gasteiger partial charge < -0.3 is 0 Å². The zero-order valence-electron chi connectivity index (χ0n) is 12.4. The van der Waals surface area contributed by atoms with Crippen LogP contribution in [0.15, 0.2) is 11.1 Å². The molecule has 0 amide bonds. The van der Waals surface area contributed by atoms with Gasteiger partial charge >= 0.3 is 0 Å². The minimum atomic E-state index is 0.276. The second-order valence-electron chi connectivity index (χ2n) is 7.66. The molecule has 0 aromatic carbocycles. The highest BCUT2D eigenvalue weighted by molar-refractivity contribution is 5.84. The Morgan fingerprint density at radius 2 is 1.75 bits per heavy atom. The molecule has 108 valence electrons. The Bertz CT molecular complexity index is 516. The lowest BCUT2D eigenvalue weighted by molar-refractivity contribution is -0.124. The summed E-state index contributed by atoms with van der Waals surface area (Å²) in [5.74, 6) is 2.49. The molecule has 0 heterocycles. The Labute approximate surface area is 121 Å². The Balaban J connectivity index is 1.73. The fourth-order valence-electron chi connectivity index (χ4n) is 5.71. The topological polar surface area (TPSA) is 34.1 Å². The maximum Gasteiger partial charge on any atom is 0.136 e. The molecule has 0 radical (unpaired) electrons. The van der Waals surface area contributed by atoms with Crippen molar-refractivity contribution >= 4 is 11.6 Å². The summed E-state index contributed by atoms with van der Waals surface area (Å²) in [4.78, 5) is 23.8. The molecule has 2 fully saturated rings. The van der Waals surface area contributed by atoms with Gasteiger partial charge in [-0.05, 0) is 55.8 Å². The molecular formula is C18H24O2. The van der Waals surface area contributed by atoms with Gasteiger partial charge in [0.15, 0.2) is 0 Å². The molecule has 4 rings (SSSR count). The number of Topliss-reactive ketones (excluding diaryl/α,β-unsaturated/α-hetero) is 2. The predicted octanol–water partition coefficient (Wildman–Crippen LogP) is 3.84. The lowest BCUT2D eigenvalue weighted by atomic mass is 9.54. The number of rotatable bonds is 0. The second-order valence-corrected chi connectivity index (χ2v) is 7.66. The Hall–Kier alpha value is -0.920. The normalized spacial score (nSPS) is 44.1. The molecule has 0 spiro atoms. The van der Waals surface area contributed by atoms with Crippen molar-refractivity contribution in [1.82, 2.24) is 0 Å². The van der Waals surface area contributed by atoms with Crippen molar-refractivity contribution in [3.63, 3.8) is 0 Å². The van der Waals surface area contributed by atoms with Crippen LogP contribution in [0.4, 0.5) is 0 Å². The predicted molar refractivity (Wildman–Crippen MR) is 77.2 cm³/mol. The zero-order chi connectivity index (χ0) is 13.9. The van der Waals surface area contributed by atoms with Gasteiger partial charge in [-0.2, -0.15) is 0 Å². The van der Waals surface area contributed by atoms with E-state index in [9.17, 15) is 9.59 Å². The number of hydrogen-bond acceptors (Lipinski definition) is 2. The molecule has 0 unspecified atom stereocenters. The van der Waals surface area contributed by atoms with Crippen LogP contribution >= 0.6 is 0 Å². The van der Waals surface area contributed by atoms with Crippen molar-refractivity contribution in [3.8, 4) is 0 Å². The molecule has 2 saturated carbocycles. The average Bonchev–Trinajstić information content (AvgIpc) is 2.82. The van der Waals surface area contributed by atoms with Gasteiger partial charge in [-0.15, -0.1) is 0 Å². The SMILES string of the molecule is C[C@@]12CCC(=O)C[C@@H]1CCC1=C2CC[C@@H]2C(=O)CC[C@H]12. The Morgan fingerprint density at radius 1 is 0.950 bits per heavy atom. The monoisotopic (exact) mass is 272 g/mol. The van der Waals surface area contributed by atoms with Gasteiger partial charge in [-0.25, -0.2) is 0 Å². The highest BCUT2D eigenvalue weighted by Gasteiger charge is 2.50. The van der Waals surface area contributed by atoms with Crippen LogP contribution in [0.1, 0.15) is 64.7 Å². The van der Waals surface area contributed by atoms with Gasteiger partial charge in [-0.1, -0.05) is 18.1 Å². The number of hydrogen-bond donors (Lipinski definition) is 0. The first kappa shape index (κ1) is 12.8. The first-order valence-electron chi connectivity index (χ1n) is 8.36. The van der Waals surface area contributed by atoms with E-state index in [1.54, 1.807) is 11.1 Å².